The van der Waals surface area contributed by atoms with Crippen LogP contribution in [0.4, 0.5) is 0 Å². The maximum absolute atomic E-state index is 5.69. The van der Waals surface area contributed by atoms with E-state index >= 15 is 0 Å². The van der Waals surface area contributed by atoms with E-state index in [1.165, 1.54) is 56.1 Å². The van der Waals surface area contributed by atoms with E-state index in [0.29, 0.717) is 6.04 Å². The minimum Gasteiger partial charge on any atom is -0.335 e. The van der Waals surface area contributed by atoms with Crippen LogP contribution in [-0.2, 0) is 0 Å². The molecular weight excluding hydrogens is 296 g/mol. The Balaban J connectivity index is 2.08. The first kappa shape index (κ1) is 16.6. The molecule has 1 unspecified atom stereocenters. The summed E-state index contributed by atoms with van der Waals surface area (Å²) in [5.74, 6) is 0. The maximum atomic E-state index is 5.69. The topological polar surface area (TPSA) is 17.8 Å². The van der Waals surface area contributed by atoms with E-state index < -0.39 is 0 Å². The van der Waals surface area contributed by atoms with Crippen LogP contribution in [-0.4, -0.2) is 9.55 Å². The van der Waals surface area contributed by atoms with Gasteiger partial charge in [-0.2, -0.15) is 0 Å². The normalized spacial score (nSPS) is 12.9. The highest BCUT2D eigenvalue weighted by Crippen LogP contribution is 2.26. The van der Waals surface area contributed by atoms with Crippen molar-refractivity contribution in [1.82, 2.24) is 9.55 Å². The molecule has 0 aliphatic rings. The molecule has 0 fully saturated rings. The van der Waals surface area contributed by atoms with Crippen molar-refractivity contribution in [2.24, 2.45) is 0 Å². The third-order valence-corrected chi connectivity index (χ3v) is 5.47. The largest absolute Gasteiger partial charge is 0.335 e. The predicted molar refractivity (Wildman–Crippen MR) is 95.8 cm³/mol. The van der Waals surface area contributed by atoms with Gasteiger partial charge in [-0.15, -0.1) is 11.3 Å². The number of aromatic nitrogens is 2. The third kappa shape index (κ3) is 4.36. The molecule has 2 rings (SSSR count). The molecular formula is C17H26N2S2. The molecule has 2 aromatic rings. The lowest BCUT2D eigenvalue weighted by atomic mass is 10.0. The number of pyridine rings is 1. The van der Waals surface area contributed by atoms with Crippen LogP contribution in [0.25, 0.3) is 10.2 Å². The molecule has 2 aromatic heterocycles. The second-order valence-electron chi connectivity index (χ2n) is 5.74. The van der Waals surface area contributed by atoms with Gasteiger partial charge in [0, 0.05) is 12.2 Å². The van der Waals surface area contributed by atoms with Gasteiger partial charge in [0.05, 0.1) is 15.7 Å². The molecule has 0 spiro atoms. The first-order chi connectivity index (χ1) is 10.3. The van der Waals surface area contributed by atoms with Crippen LogP contribution in [0.2, 0.25) is 0 Å². The van der Waals surface area contributed by atoms with Crippen molar-refractivity contribution in [1.29, 1.82) is 0 Å². The average molecular weight is 323 g/mol. The second-order valence-corrected chi connectivity index (χ2v) is 6.98. The van der Waals surface area contributed by atoms with E-state index in [9.17, 15) is 0 Å². The number of rotatable bonds is 9. The van der Waals surface area contributed by atoms with Crippen molar-refractivity contribution >= 4 is 33.8 Å². The van der Waals surface area contributed by atoms with Gasteiger partial charge in [-0.3, -0.25) is 0 Å². The smallest absolute Gasteiger partial charge is 0.125 e. The van der Waals surface area contributed by atoms with Gasteiger partial charge in [0.1, 0.15) is 4.64 Å². The number of unbranched alkanes of at least 4 members (excludes halogenated alkanes) is 4. The number of hydrogen-bond donors (Lipinski definition) is 0. The number of nitrogens with zero attached hydrogens (tertiary/aromatic N) is 2. The minimum absolute atomic E-state index is 0.552. The lowest BCUT2D eigenvalue weighted by Gasteiger charge is -2.20. The van der Waals surface area contributed by atoms with E-state index in [-0.39, 0.29) is 0 Å². The third-order valence-electron chi connectivity index (χ3n) is 4.07. The fourth-order valence-corrected chi connectivity index (χ4v) is 4.07. The molecule has 0 aliphatic heterocycles. The zero-order chi connectivity index (χ0) is 15.1. The maximum Gasteiger partial charge on any atom is 0.125 e. The summed E-state index contributed by atoms with van der Waals surface area (Å²) in [4.78, 5) is 4.36. The molecule has 1 atom stereocenters. The van der Waals surface area contributed by atoms with Crippen LogP contribution in [0.5, 0.6) is 0 Å². The van der Waals surface area contributed by atoms with Crippen molar-refractivity contribution in [3.63, 3.8) is 0 Å². The average Bonchev–Trinajstić information content (AvgIpc) is 2.96. The van der Waals surface area contributed by atoms with Gasteiger partial charge in [-0.25, -0.2) is 4.98 Å². The summed E-state index contributed by atoms with van der Waals surface area (Å²) in [5, 5.41) is 0. The zero-order valence-electron chi connectivity index (χ0n) is 13.2. The summed E-state index contributed by atoms with van der Waals surface area (Å²) in [7, 11) is 0. The highest BCUT2D eigenvalue weighted by molar-refractivity contribution is 7.71. The van der Waals surface area contributed by atoms with Gasteiger partial charge in [-0.1, -0.05) is 64.6 Å². The monoisotopic (exact) mass is 322 g/mol. The number of thiazole rings is 1. The van der Waals surface area contributed by atoms with Crippen molar-refractivity contribution in [2.75, 3.05) is 0 Å². The Labute approximate surface area is 137 Å². The zero-order valence-corrected chi connectivity index (χ0v) is 14.8. The molecule has 0 aliphatic carbocycles. The summed E-state index contributed by atoms with van der Waals surface area (Å²) in [6, 6.07) is 2.66. The van der Waals surface area contributed by atoms with E-state index in [0.717, 1.165) is 10.2 Å². The standard InChI is InChI=1S/C17H26N2S2/c1-3-5-6-7-8-10-14(9-4-2)19-12-11-15-16(17(19)20)21-13-18-15/h11-14H,3-10H2,1-2H3. The van der Waals surface area contributed by atoms with Crippen LogP contribution in [0.3, 0.4) is 0 Å². The van der Waals surface area contributed by atoms with E-state index in [1.807, 2.05) is 5.51 Å². The molecule has 0 aromatic carbocycles. The molecule has 0 amide bonds. The highest BCUT2D eigenvalue weighted by atomic mass is 32.1. The molecule has 0 radical (unpaired) electrons. The van der Waals surface area contributed by atoms with E-state index in [2.05, 4.69) is 35.7 Å². The Morgan fingerprint density at radius 3 is 2.71 bits per heavy atom. The van der Waals surface area contributed by atoms with Crippen LogP contribution in [0, 0.1) is 4.64 Å². The van der Waals surface area contributed by atoms with Crippen LogP contribution >= 0.6 is 23.6 Å². The first-order valence-electron chi connectivity index (χ1n) is 8.22. The predicted octanol–water partition coefficient (Wildman–Crippen LogP) is 6.53. The van der Waals surface area contributed by atoms with Gasteiger partial charge in [0.25, 0.3) is 0 Å². The number of hydrogen-bond acceptors (Lipinski definition) is 3. The Kier molecular flexibility index (Phi) is 6.84. The van der Waals surface area contributed by atoms with Gasteiger partial charge in [0.15, 0.2) is 0 Å². The van der Waals surface area contributed by atoms with Gasteiger partial charge >= 0.3 is 0 Å². The van der Waals surface area contributed by atoms with Crippen LogP contribution < -0.4 is 0 Å². The molecule has 0 bridgehead atoms. The van der Waals surface area contributed by atoms with Crippen LogP contribution in [0.15, 0.2) is 17.8 Å². The van der Waals surface area contributed by atoms with Crippen molar-refractivity contribution in [3.8, 4) is 0 Å². The van der Waals surface area contributed by atoms with Crippen molar-refractivity contribution < 1.29 is 0 Å². The van der Waals surface area contributed by atoms with Gasteiger partial charge < -0.3 is 4.57 Å². The Morgan fingerprint density at radius 2 is 1.95 bits per heavy atom. The minimum atomic E-state index is 0.552. The quantitative estimate of drug-likeness (QED) is 0.386. The van der Waals surface area contributed by atoms with Gasteiger partial charge in [0.2, 0.25) is 0 Å². The summed E-state index contributed by atoms with van der Waals surface area (Å²) >= 11 is 7.35. The molecule has 2 heterocycles. The lowest BCUT2D eigenvalue weighted by molar-refractivity contribution is 0.406. The highest BCUT2D eigenvalue weighted by Gasteiger charge is 2.12. The fourth-order valence-electron chi connectivity index (χ4n) is 2.90. The number of fused-ring (bicyclic) bond motifs is 1. The SMILES string of the molecule is CCCCCCCC(CCC)n1ccc2ncsc2c1=S. The molecule has 4 heteroatoms. The van der Waals surface area contributed by atoms with Crippen LogP contribution in [0.1, 0.15) is 71.3 Å². The van der Waals surface area contributed by atoms with E-state index in [4.69, 9.17) is 12.2 Å². The van der Waals surface area contributed by atoms with Gasteiger partial charge in [-0.05, 0) is 18.9 Å². The molecule has 2 nitrogen and oxygen atoms in total. The Bertz CT molecular complexity index is 600. The van der Waals surface area contributed by atoms with E-state index in [1.54, 1.807) is 11.3 Å². The molecule has 116 valence electrons. The molecule has 0 saturated heterocycles. The fraction of sp³-hybridized carbons (Fsp3) is 0.647. The lowest BCUT2D eigenvalue weighted by Crippen LogP contribution is -2.10. The Hall–Kier alpha value is -0.740. The summed E-state index contributed by atoms with van der Waals surface area (Å²) in [6.45, 7) is 4.53. The summed E-state index contributed by atoms with van der Waals surface area (Å²) in [5.41, 5.74) is 2.93. The molecule has 0 N–H and O–H groups in total. The first-order valence-corrected chi connectivity index (χ1v) is 9.51. The molecule has 21 heavy (non-hydrogen) atoms. The molecule has 0 saturated carbocycles. The van der Waals surface area contributed by atoms with Crippen molar-refractivity contribution in [3.05, 3.63) is 22.4 Å². The van der Waals surface area contributed by atoms with Crippen molar-refractivity contribution in [2.45, 2.75) is 71.3 Å². The summed E-state index contributed by atoms with van der Waals surface area (Å²) < 4.78 is 4.46. The summed E-state index contributed by atoms with van der Waals surface area (Å²) in [6.07, 6.45) is 12.5. The Morgan fingerprint density at radius 1 is 1.14 bits per heavy atom. The second kappa shape index (κ2) is 8.64.